The normalized spacial score (nSPS) is 10.2. The summed E-state index contributed by atoms with van der Waals surface area (Å²) in [6.45, 7) is 0. The number of nitro groups is 1. The molecule has 7 heteroatoms. The quantitative estimate of drug-likeness (QED) is 0.461. The predicted molar refractivity (Wildman–Crippen MR) is 107 cm³/mol. The summed E-state index contributed by atoms with van der Waals surface area (Å²) in [6, 6.07) is 23.0. The molecule has 29 heavy (non-hydrogen) atoms. The van der Waals surface area contributed by atoms with Gasteiger partial charge in [0.05, 0.1) is 17.0 Å². The van der Waals surface area contributed by atoms with E-state index < -0.39 is 16.8 Å². The Kier molecular flexibility index (Phi) is 6.32. The Hall–Kier alpha value is -4.00. The first-order chi connectivity index (χ1) is 14.0. The molecule has 0 saturated heterocycles. The van der Waals surface area contributed by atoms with E-state index in [1.165, 1.54) is 24.3 Å². The fraction of sp³-hybridized carbons (Fsp3) is 0.0909. The van der Waals surface area contributed by atoms with Crippen LogP contribution in [0.5, 0.6) is 0 Å². The first kappa shape index (κ1) is 19.8. The smallest absolute Gasteiger partial charge is 0.333 e. The molecule has 0 spiro atoms. The van der Waals surface area contributed by atoms with Crippen molar-refractivity contribution in [1.29, 1.82) is 0 Å². The summed E-state index contributed by atoms with van der Waals surface area (Å²) in [5.74, 6) is -1.22. The molecule has 7 nitrogen and oxygen atoms in total. The predicted octanol–water partition coefficient (Wildman–Crippen LogP) is 4.33. The molecule has 0 fully saturated rings. The number of nitrogens with zero attached hydrogens (tertiary/aromatic N) is 2. The molecular weight excluding hydrogens is 372 g/mol. The molecule has 0 radical (unpaired) electrons. The topological polar surface area (TPSA) is 89.8 Å². The van der Waals surface area contributed by atoms with Gasteiger partial charge in [-0.2, -0.15) is 0 Å². The Balaban J connectivity index is 1.82. The lowest BCUT2D eigenvalue weighted by Crippen LogP contribution is -2.33. The zero-order valence-corrected chi connectivity index (χ0v) is 15.4. The third-order valence-corrected chi connectivity index (χ3v) is 4.13. The fourth-order valence-corrected chi connectivity index (χ4v) is 2.68. The molecule has 0 bridgehead atoms. The minimum Gasteiger partial charge on any atom is -0.333 e. The van der Waals surface area contributed by atoms with Gasteiger partial charge in [-0.1, -0.05) is 54.6 Å². The van der Waals surface area contributed by atoms with Crippen molar-refractivity contribution in [3.8, 4) is 0 Å². The van der Waals surface area contributed by atoms with Crippen LogP contribution < -0.4 is 5.06 Å². The minimum absolute atomic E-state index is 0.0531. The molecule has 0 aliphatic carbocycles. The lowest BCUT2D eigenvalue weighted by Gasteiger charge is -2.21. The average Bonchev–Trinajstić information content (AvgIpc) is 2.77. The first-order valence-corrected chi connectivity index (χ1v) is 8.93. The van der Waals surface area contributed by atoms with Crippen LogP contribution in [0.3, 0.4) is 0 Å². The summed E-state index contributed by atoms with van der Waals surface area (Å²) < 4.78 is 0. The van der Waals surface area contributed by atoms with Crippen molar-refractivity contribution >= 4 is 23.3 Å². The highest BCUT2D eigenvalue weighted by molar-refractivity contribution is 6.05. The zero-order valence-electron chi connectivity index (χ0n) is 15.4. The van der Waals surface area contributed by atoms with Crippen molar-refractivity contribution in [2.45, 2.75) is 12.8 Å². The van der Waals surface area contributed by atoms with E-state index in [1.54, 1.807) is 30.3 Å². The summed E-state index contributed by atoms with van der Waals surface area (Å²) in [4.78, 5) is 41.2. The van der Waals surface area contributed by atoms with Crippen LogP contribution in [0.25, 0.3) is 0 Å². The molecule has 146 valence electrons. The number of rotatable bonds is 6. The Morgan fingerprint density at radius 3 is 2.21 bits per heavy atom. The molecule has 1 amide bonds. The molecule has 0 N–H and O–H groups in total. The Morgan fingerprint density at radius 2 is 1.55 bits per heavy atom. The zero-order chi connectivity index (χ0) is 20.6. The van der Waals surface area contributed by atoms with E-state index in [-0.39, 0.29) is 23.4 Å². The van der Waals surface area contributed by atoms with Crippen LogP contribution >= 0.6 is 0 Å². The van der Waals surface area contributed by atoms with Gasteiger partial charge in [0.15, 0.2) is 0 Å². The SMILES string of the molecule is O=C(CCc1ccccc1)ON(C(=O)c1ccccc1)c1cccc([N+](=O)[O-])c1. The highest BCUT2D eigenvalue weighted by Gasteiger charge is 2.24. The van der Waals surface area contributed by atoms with Crippen molar-refractivity contribution in [2.24, 2.45) is 0 Å². The standard InChI is InChI=1S/C22H18N2O5/c25-21(15-14-17-8-3-1-4-9-17)29-23(22(26)18-10-5-2-6-11-18)19-12-7-13-20(16-19)24(27)28/h1-13,16H,14-15H2. The number of hydroxylamine groups is 1. The van der Waals surface area contributed by atoms with Crippen LogP contribution in [0.2, 0.25) is 0 Å². The lowest BCUT2D eigenvalue weighted by atomic mass is 10.1. The Morgan fingerprint density at radius 1 is 0.897 bits per heavy atom. The summed E-state index contributed by atoms with van der Waals surface area (Å²) in [7, 11) is 0. The molecular formula is C22H18N2O5. The number of nitro benzene ring substituents is 1. The number of carbonyl (C=O) groups is 2. The number of benzene rings is 3. The molecule has 0 atom stereocenters. The van der Waals surface area contributed by atoms with E-state index in [2.05, 4.69) is 0 Å². The number of hydrogen-bond acceptors (Lipinski definition) is 5. The van der Waals surface area contributed by atoms with E-state index in [9.17, 15) is 19.7 Å². The van der Waals surface area contributed by atoms with E-state index in [0.717, 1.165) is 10.6 Å². The maximum absolute atomic E-state index is 12.9. The maximum Gasteiger partial charge on any atom is 0.333 e. The Bertz CT molecular complexity index is 1010. The molecule has 0 aromatic heterocycles. The van der Waals surface area contributed by atoms with E-state index >= 15 is 0 Å². The van der Waals surface area contributed by atoms with E-state index in [1.807, 2.05) is 30.3 Å². The molecule has 3 aromatic carbocycles. The highest BCUT2D eigenvalue weighted by atomic mass is 16.7. The van der Waals surface area contributed by atoms with Crippen LogP contribution in [0.4, 0.5) is 11.4 Å². The minimum atomic E-state index is -0.621. The van der Waals surface area contributed by atoms with Crippen molar-refractivity contribution in [3.05, 3.63) is 106 Å². The van der Waals surface area contributed by atoms with Gasteiger partial charge < -0.3 is 4.84 Å². The molecule has 0 aliphatic rings. The second kappa shape index (κ2) is 9.27. The largest absolute Gasteiger partial charge is 0.333 e. The van der Waals surface area contributed by atoms with Crippen LogP contribution in [-0.4, -0.2) is 16.8 Å². The second-order valence-electron chi connectivity index (χ2n) is 6.19. The van der Waals surface area contributed by atoms with E-state index in [4.69, 9.17) is 4.84 Å². The monoisotopic (exact) mass is 390 g/mol. The van der Waals surface area contributed by atoms with Gasteiger partial charge in [0.25, 0.3) is 11.6 Å². The van der Waals surface area contributed by atoms with Gasteiger partial charge in [-0.3, -0.25) is 14.9 Å². The van der Waals surface area contributed by atoms with Gasteiger partial charge in [0.2, 0.25) is 0 Å². The molecule has 0 unspecified atom stereocenters. The van der Waals surface area contributed by atoms with Gasteiger partial charge in [-0.05, 0) is 30.2 Å². The molecule has 0 aliphatic heterocycles. The molecule has 0 heterocycles. The number of hydrogen-bond donors (Lipinski definition) is 0. The Labute approximate surface area is 167 Å². The first-order valence-electron chi connectivity index (χ1n) is 8.93. The summed E-state index contributed by atoms with van der Waals surface area (Å²) >= 11 is 0. The number of amides is 1. The van der Waals surface area contributed by atoms with Crippen LogP contribution in [0, 0.1) is 10.1 Å². The average molecular weight is 390 g/mol. The maximum atomic E-state index is 12.9. The summed E-state index contributed by atoms with van der Waals surface area (Å²) in [5.41, 5.74) is 1.13. The third kappa shape index (κ3) is 5.26. The molecule has 0 saturated carbocycles. The van der Waals surface area contributed by atoms with Gasteiger partial charge in [-0.15, -0.1) is 5.06 Å². The van der Waals surface area contributed by atoms with E-state index in [0.29, 0.717) is 6.42 Å². The number of carbonyl (C=O) groups excluding carboxylic acids is 2. The van der Waals surface area contributed by atoms with Crippen molar-refractivity contribution in [1.82, 2.24) is 0 Å². The number of anilines is 1. The number of non-ortho nitro benzene ring substituents is 1. The summed E-state index contributed by atoms with van der Waals surface area (Å²) in [5, 5.41) is 11.9. The van der Waals surface area contributed by atoms with Crippen LogP contribution in [-0.2, 0) is 16.1 Å². The van der Waals surface area contributed by atoms with Crippen molar-refractivity contribution < 1.29 is 19.3 Å². The van der Waals surface area contributed by atoms with Gasteiger partial charge in [0.1, 0.15) is 0 Å². The fourth-order valence-electron chi connectivity index (χ4n) is 2.68. The van der Waals surface area contributed by atoms with Gasteiger partial charge in [0, 0.05) is 17.7 Å². The van der Waals surface area contributed by atoms with Crippen molar-refractivity contribution in [2.75, 3.05) is 5.06 Å². The molecule has 3 rings (SSSR count). The van der Waals surface area contributed by atoms with Crippen molar-refractivity contribution in [3.63, 3.8) is 0 Å². The molecule has 3 aromatic rings. The van der Waals surface area contributed by atoms with Crippen LogP contribution in [0.15, 0.2) is 84.9 Å². The lowest BCUT2D eigenvalue weighted by molar-refractivity contribution is -0.384. The van der Waals surface area contributed by atoms with Gasteiger partial charge >= 0.3 is 5.97 Å². The number of aryl methyl sites for hydroxylation is 1. The third-order valence-electron chi connectivity index (χ3n) is 4.13. The van der Waals surface area contributed by atoms with Crippen LogP contribution in [0.1, 0.15) is 22.3 Å². The second-order valence-corrected chi connectivity index (χ2v) is 6.19. The highest BCUT2D eigenvalue weighted by Crippen LogP contribution is 2.23. The van der Waals surface area contributed by atoms with Gasteiger partial charge in [-0.25, -0.2) is 4.79 Å². The summed E-state index contributed by atoms with van der Waals surface area (Å²) in [6.07, 6.45) is 0.499.